The Morgan fingerprint density at radius 3 is 2.29 bits per heavy atom. The Labute approximate surface area is 205 Å². The van der Waals surface area contributed by atoms with Crippen molar-refractivity contribution in [3.05, 3.63) is 35.4 Å². The van der Waals surface area contributed by atoms with E-state index in [1.165, 1.54) is 51.5 Å². The topological polar surface area (TPSA) is 94.1 Å². The fourth-order valence-electron chi connectivity index (χ4n) is 4.15. The molecule has 7 nitrogen and oxygen atoms in total. The first-order chi connectivity index (χ1) is 16.3. The van der Waals surface area contributed by atoms with Crippen molar-refractivity contribution in [3.8, 4) is 0 Å². The lowest BCUT2D eigenvalue weighted by Crippen LogP contribution is -2.56. The molecule has 0 aliphatic heterocycles. The molecule has 0 aliphatic rings. The van der Waals surface area contributed by atoms with Crippen LogP contribution < -0.4 is 5.32 Å². The molecule has 1 aromatic carbocycles. The number of aldehydes is 1. The number of hydrogen-bond donors (Lipinski definition) is 2. The van der Waals surface area contributed by atoms with Gasteiger partial charge >= 0.3 is 0 Å². The van der Waals surface area contributed by atoms with Gasteiger partial charge in [0.15, 0.2) is 6.29 Å². The number of carbonyl (C=O) groups excluding carboxylic acids is 2. The van der Waals surface area contributed by atoms with E-state index in [1.54, 1.807) is 0 Å². The van der Waals surface area contributed by atoms with Crippen molar-refractivity contribution >= 4 is 12.2 Å². The number of aliphatic hydroxyl groups excluding tert-OH is 1. The van der Waals surface area contributed by atoms with Crippen molar-refractivity contribution in [2.24, 2.45) is 0 Å². The number of hydrogen-bond acceptors (Lipinski definition) is 6. The molecule has 1 aromatic rings. The standard InChI is InChI=1S/C27H45NO6/c1-6-8-9-10-11-21(3)24-12-14-25(15-13-24)26(33-7-2)18-27(28-22(4)30,19-32-17-16-29)20-34-23(5)31/h12-16,21,23,26,31H,6-11,17-20H2,1-5H3,(H,28,30). The van der Waals surface area contributed by atoms with Gasteiger partial charge in [-0.25, -0.2) is 0 Å². The summed E-state index contributed by atoms with van der Waals surface area (Å²) in [5.41, 5.74) is 1.32. The smallest absolute Gasteiger partial charge is 0.217 e. The molecule has 4 atom stereocenters. The average Bonchev–Trinajstić information content (AvgIpc) is 2.80. The van der Waals surface area contributed by atoms with E-state index in [0.717, 1.165) is 5.56 Å². The van der Waals surface area contributed by atoms with Crippen LogP contribution in [0.2, 0.25) is 0 Å². The number of ether oxygens (including phenoxy) is 3. The van der Waals surface area contributed by atoms with Crippen LogP contribution in [0, 0.1) is 0 Å². The van der Waals surface area contributed by atoms with Crippen molar-refractivity contribution in [2.75, 3.05) is 26.4 Å². The molecule has 2 N–H and O–H groups in total. The summed E-state index contributed by atoms with van der Waals surface area (Å²) in [4.78, 5) is 22.9. The number of carbonyl (C=O) groups is 2. The Kier molecular flexibility index (Phi) is 14.9. The highest BCUT2D eigenvalue weighted by molar-refractivity contribution is 5.73. The van der Waals surface area contributed by atoms with Crippen molar-refractivity contribution in [1.29, 1.82) is 0 Å². The first-order valence-corrected chi connectivity index (χ1v) is 12.6. The van der Waals surface area contributed by atoms with E-state index in [9.17, 15) is 14.7 Å². The van der Waals surface area contributed by atoms with Gasteiger partial charge in [-0.15, -0.1) is 0 Å². The fraction of sp³-hybridized carbons (Fsp3) is 0.704. The fourth-order valence-corrected chi connectivity index (χ4v) is 4.15. The van der Waals surface area contributed by atoms with Gasteiger partial charge in [0, 0.05) is 20.0 Å². The van der Waals surface area contributed by atoms with Crippen molar-refractivity contribution in [2.45, 2.75) is 97.0 Å². The first kappa shape index (κ1) is 30.2. The van der Waals surface area contributed by atoms with Crippen LogP contribution in [-0.4, -0.2) is 55.6 Å². The van der Waals surface area contributed by atoms with Crippen LogP contribution in [-0.2, 0) is 23.8 Å². The van der Waals surface area contributed by atoms with Crippen LogP contribution in [0.4, 0.5) is 0 Å². The van der Waals surface area contributed by atoms with Gasteiger partial charge in [0.25, 0.3) is 0 Å². The molecule has 0 aliphatic carbocycles. The van der Waals surface area contributed by atoms with Gasteiger partial charge < -0.3 is 29.4 Å². The molecule has 4 unspecified atom stereocenters. The highest BCUT2D eigenvalue weighted by Gasteiger charge is 2.36. The molecule has 1 rings (SSSR count). The van der Waals surface area contributed by atoms with Crippen LogP contribution in [0.3, 0.4) is 0 Å². The molecule has 34 heavy (non-hydrogen) atoms. The SMILES string of the molecule is CCCCCCC(C)c1ccc(C(CC(COCC=O)(COC(C)O)NC(C)=O)OCC)cc1. The number of amides is 1. The maximum Gasteiger partial charge on any atom is 0.217 e. The van der Waals surface area contributed by atoms with E-state index in [1.807, 2.05) is 6.92 Å². The van der Waals surface area contributed by atoms with E-state index in [-0.39, 0.29) is 31.8 Å². The quantitative estimate of drug-likeness (QED) is 0.170. The van der Waals surface area contributed by atoms with Crippen LogP contribution in [0.15, 0.2) is 24.3 Å². The van der Waals surface area contributed by atoms with Gasteiger partial charge in [-0.1, -0.05) is 63.8 Å². The largest absolute Gasteiger partial charge is 0.374 e. The van der Waals surface area contributed by atoms with Gasteiger partial charge in [-0.05, 0) is 37.3 Å². The molecule has 0 fully saturated rings. The zero-order valence-electron chi connectivity index (χ0n) is 21.7. The van der Waals surface area contributed by atoms with Gasteiger partial charge in [0.1, 0.15) is 12.9 Å². The summed E-state index contributed by atoms with van der Waals surface area (Å²) >= 11 is 0. The summed E-state index contributed by atoms with van der Waals surface area (Å²) in [6.07, 6.45) is 5.89. The molecule has 1 amide bonds. The third kappa shape index (κ3) is 11.6. The first-order valence-electron chi connectivity index (χ1n) is 12.6. The number of benzene rings is 1. The minimum absolute atomic E-state index is 0.0134. The summed E-state index contributed by atoms with van der Waals surface area (Å²) in [5.74, 6) is 0.234. The zero-order chi connectivity index (χ0) is 25.4. The minimum Gasteiger partial charge on any atom is -0.374 e. The molecule has 7 heteroatoms. The summed E-state index contributed by atoms with van der Waals surface area (Å²) in [6.45, 7) is 9.80. The van der Waals surface area contributed by atoms with Crippen molar-refractivity contribution in [3.63, 3.8) is 0 Å². The van der Waals surface area contributed by atoms with Crippen molar-refractivity contribution in [1.82, 2.24) is 5.32 Å². The van der Waals surface area contributed by atoms with E-state index in [2.05, 4.69) is 43.4 Å². The molecule has 194 valence electrons. The number of nitrogens with one attached hydrogen (secondary N) is 1. The Bertz CT molecular complexity index is 693. The Morgan fingerprint density at radius 2 is 1.74 bits per heavy atom. The number of aliphatic hydroxyl groups is 1. The van der Waals surface area contributed by atoms with Crippen LogP contribution in [0.5, 0.6) is 0 Å². The predicted molar refractivity (Wildman–Crippen MR) is 134 cm³/mol. The minimum atomic E-state index is -1.01. The third-order valence-corrected chi connectivity index (χ3v) is 5.92. The van der Waals surface area contributed by atoms with Crippen LogP contribution in [0.1, 0.15) is 96.3 Å². The summed E-state index contributed by atoms with van der Waals surface area (Å²) in [5, 5.41) is 12.6. The van der Waals surface area contributed by atoms with E-state index in [4.69, 9.17) is 14.2 Å². The second-order valence-electron chi connectivity index (χ2n) is 9.12. The summed E-state index contributed by atoms with van der Waals surface area (Å²) in [6, 6.07) is 8.47. The molecule has 0 spiro atoms. The second-order valence-corrected chi connectivity index (χ2v) is 9.12. The van der Waals surface area contributed by atoms with Crippen molar-refractivity contribution < 1.29 is 28.9 Å². The van der Waals surface area contributed by atoms with E-state index < -0.39 is 11.8 Å². The Morgan fingerprint density at radius 1 is 1.06 bits per heavy atom. The second kappa shape index (κ2) is 16.8. The summed E-state index contributed by atoms with van der Waals surface area (Å²) < 4.78 is 17.1. The molecule has 0 bridgehead atoms. The molecule has 0 saturated carbocycles. The molecule has 0 saturated heterocycles. The van der Waals surface area contributed by atoms with Gasteiger partial charge in [0.2, 0.25) is 5.91 Å². The lowest BCUT2D eigenvalue weighted by atomic mass is 9.88. The number of unbranched alkanes of at least 4 members (excludes halogenated alkanes) is 3. The third-order valence-electron chi connectivity index (χ3n) is 5.92. The lowest BCUT2D eigenvalue weighted by Gasteiger charge is -2.37. The molecule has 0 aromatic heterocycles. The highest BCUT2D eigenvalue weighted by atomic mass is 16.6. The summed E-state index contributed by atoms with van der Waals surface area (Å²) in [7, 11) is 0. The Balaban J connectivity index is 3.07. The zero-order valence-corrected chi connectivity index (χ0v) is 21.7. The van der Waals surface area contributed by atoms with Crippen LogP contribution in [0.25, 0.3) is 0 Å². The molecule has 0 heterocycles. The van der Waals surface area contributed by atoms with E-state index >= 15 is 0 Å². The average molecular weight is 480 g/mol. The van der Waals surface area contributed by atoms with Crippen LogP contribution >= 0.6 is 0 Å². The molecular weight excluding hydrogens is 434 g/mol. The predicted octanol–water partition coefficient (Wildman–Crippen LogP) is 4.67. The number of rotatable bonds is 19. The normalized spacial score (nSPS) is 15.8. The van der Waals surface area contributed by atoms with Gasteiger partial charge in [-0.2, -0.15) is 0 Å². The molecular formula is C27H45NO6. The van der Waals surface area contributed by atoms with Gasteiger partial charge in [0.05, 0.1) is 24.9 Å². The highest BCUT2D eigenvalue weighted by Crippen LogP contribution is 2.31. The lowest BCUT2D eigenvalue weighted by molar-refractivity contribution is -0.137. The molecule has 0 radical (unpaired) electrons. The van der Waals surface area contributed by atoms with E-state index in [0.29, 0.717) is 25.2 Å². The van der Waals surface area contributed by atoms with Gasteiger partial charge in [-0.3, -0.25) is 4.79 Å². The maximum atomic E-state index is 12.1. The maximum absolute atomic E-state index is 12.1. The monoisotopic (exact) mass is 479 g/mol. The Hall–Kier alpha value is -1.80.